The van der Waals surface area contributed by atoms with Crippen molar-refractivity contribution < 1.29 is 13.2 Å². The molecule has 1 fully saturated rings. The Labute approximate surface area is 126 Å². The molecule has 1 aromatic rings. The maximum absolute atomic E-state index is 13.0. The highest BCUT2D eigenvalue weighted by Gasteiger charge is 2.37. The summed E-state index contributed by atoms with van der Waals surface area (Å²) in [6.07, 6.45) is 3.95. The van der Waals surface area contributed by atoms with E-state index in [1.165, 1.54) is 11.1 Å². The van der Waals surface area contributed by atoms with Gasteiger partial charge in [-0.3, -0.25) is 0 Å². The zero-order valence-electron chi connectivity index (χ0n) is 12.5. The van der Waals surface area contributed by atoms with Gasteiger partial charge >= 0.3 is 0 Å². The molecule has 0 aromatic heterocycles. The molecule has 1 aliphatic heterocycles. The third-order valence-corrected chi connectivity index (χ3v) is 6.74. The van der Waals surface area contributed by atoms with Crippen LogP contribution in [0.1, 0.15) is 30.9 Å². The van der Waals surface area contributed by atoms with Crippen molar-refractivity contribution in [1.29, 1.82) is 0 Å². The van der Waals surface area contributed by atoms with Crippen LogP contribution >= 0.6 is 0 Å². The smallest absolute Gasteiger partial charge is 0.185 e. The lowest BCUT2D eigenvalue weighted by atomic mass is 10.1. The Kier molecular flexibility index (Phi) is 4.33. The minimum atomic E-state index is -3.34. The van der Waals surface area contributed by atoms with Gasteiger partial charge in [0.2, 0.25) is 0 Å². The molecule has 0 radical (unpaired) electrons. The average Bonchev–Trinajstić information content (AvgIpc) is 2.95. The van der Waals surface area contributed by atoms with Crippen LogP contribution in [0.15, 0.2) is 23.1 Å². The van der Waals surface area contributed by atoms with Crippen molar-refractivity contribution in [2.75, 3.05) is 19.8 Å². The van der Waals surface area contributed by atoms with Gasteiger partial charge in [0.25, 0.3) is 0 Å². The third-order valence-electron chi connectivity index (χ3n) is 4.57. The maximum Gasteiger partial charge on any atom is 0.185 e. The standard InChI is InChI=1S/C16H23NO3S/c1-2-17-15-8-9-20-11-16(15)21(18,19)14-7-6-12-4-3-5-13(12)10-14/h6-7,10,15-17H,2-5,8-9,11H2,1H3. The molecule has 0 saturated carbocycles. The molecule has 21 heavy (non-hydrogen) atoms. The van der Waals surface area contributed by atoms with Gasteiger partial charge < -0.3 is 10.1 Å². The molecule has 5 heteroatoms. The fourth-order valence-corrected chi connectivity index (χ4v) is 5.27. The Bertz CT molecular complexity index is 610. The Balaban J connectivity index is 1.91. The van der Waals surface area contributed by atoms with Crippen LogP contribution in [0.25, 0.3) is 0 Å². The van der Waals surface area contributed by atoms with E-state index in [4.69, 9.17) is 4.74 Å². The summed E-state index contributed by atoms with van der Waals surface area (Å²) < 4.78 is 31.3. The fraction of sp³-hybridized carbons (Fsp3) is 0.625. The molecule has 1 aromatic carbocycles. The maximum atomic E-state index is 13.0. The summed E-state index contributed by atoms with van der Waals surface area (Å²) in [6, 6.07) is 5.63. The predicted octanol–water partition coefficient (Wildman–Crippen LogP) is 1.72. The van der Waals surface area contributed by atoms with Crippen LogP contribution in [0.5, 0.6) is 0 Å². The Morgan fingerprint density at radius 2 is 2.10 bits per heavy atom. The fourth-order valence-electron chi connectivity index (χ4n) is 3.41. The molecule has 1 heterocycles. The number of ether oxygens (including phenoxy) is 1. The van der Waals surface area contributed by atoms with Crippen LogP contribution in [0.2, 0.25) is 0 Å². The molecule has 0 amide bonds. The summed E-state index contributed by atoms with van der Waals surface area (Å²) in [5, 5.41) is 2.82. The summed E-state index contributed by atoms with van der Waals surface area (Å²) in [6.45, 7) is 3.71. The Morgan fingerprint density at radius 1 is 1.29 bits per heavy atom. The van der Waals surface area contributed by atoms with Gasteiger partial charge in [-0.15, -0.1) is 0 Å². The highest BCUT2D eigenvalue weighted by molar-refractivity contribution is 7.92. The Morgan fingerprint density at radius 3 is 2.90 bits per heavy atom. The summed E-state index contributed by atoms with van der Waals surface area (Å²) in [7, 11) is -3.34. The van der Waals surface area contributed by atoms with Gasteiger partial charge in [0.15, 0.2) is 9.84 Å². The van der Waals surface area contributed by atoms with Crippen LogP contribution < -0.4 is 5.32 Å². The van der Waals surface area contributed by atoms with E-state index < -0.39 is 15.1 Å². The molecule has 116 valence electrons. The van der Waals surface area contributed by atoms with Gasteiger partial charge in [-0.1, -0.05) is 13.0 Å². The molecule has 1 aliphatic carbocycles. The second kappa shape index (κ2) is 6.07. The van der Waals surface area contributed by atoms with Crippen molar-refractivity contribution in [1.82, 2.24) is 5.32 Å². The van der Waals surface area contributed by atoms with Crippen LogP contribution in [0.4, 0.5) is 0 Å². The molecular weight excluding hydrogens is 286 g/mol. The van der Waals surface area contributed by atoms with E-state index in [1.807, 2.05) is 19.1 Å². The zero-order valence-corrected chi connectivity index (χ0v) is 13.3. The Hall–Kier alpha value is -0.910. The van der Waals surface area contributed by atoms with Gasteiger partial charge in [-0.2, -0.15) is 0 Å². The number of benzene rings is 1. The molecule has 1 N–H and O–H groups in total. The average molecular weight is 309 g/mol. The van der Waals surface area contributed by atoms with Crippen LogP contribution in [0, 0.1) is 0 Å². The number of sulfone groups is 1. The number of fused-ring (bicyclic) bond motifs is 1. The van der Waals surface area contributed by atoms with Gasteiger partial charge in [0, 0.05) is 12.6 Å². The first-order valence-electron chi connectivity index (χ1n) is 7.79. The molecular formula is C16H23NO3S. The van der Waals surface area contributed by atoms with Gasteiger partial charge in [-0.25, -0.2) is 8.42 Å². The second-order valence-corrected chi connectivity index (χ2v) is 8.06. The van der Waals surface area contributed by atoms with Crippen molar-refractivity contribution in [3.05, 3.63) is 29.3 Å². The summed E-state index contributed by atoms with van der Waals surface area (Å²) >= 11 is 0. The zero-order chi connectivity index (χ0) is 14.9. The van der Waals surface area contributed by atoms with Crippen molar-refractivity contribution in [3.63, 3.8) is 0 Å². The number of nitrogens with one attached hydrogen (secondary N) is 1. The molecule has 2 unspecified atom stereocenters. The summed E-state index contributed by atoms with van der Waals surface area (Å²) in [4.78, 5) is 0.460. The van der Waals surface area contributed by atoms with Crippen LogP contribution in [-0.4, -0.2) is 39.5 Å². The van der Waals surface area contributed by atoms with Crippen LogP contribution in [-0.2, 0) is 27.4 Å². The van der Waals surface area contributed by atoms with E-state index in [0.717, 1.165) is 32.2 Å². The first-order valence-corrected chi connectivity index (χ1v) is 9.34. The van der Waals surface area contributed by atoms with E-state index >= 15 is 0 Å². The molecule has 2 aliphatic rings. The quantitative estimate of drug-likeness (QED) is 0.920. The third kappa shape index (κ3) is 2.87. The minimum absolute atomic E-state index is 0.0120. The number of aryl methyl sites for hydroxylation is 2. The van der Waals surface area contributed by atoms with Crippen molar-refractivity contribution >= 4 is 9.84 Å². The van der Waals surface area contributed by atoms with Gasteiger partial charge in [0.1, 0.15) is 5.25 Å². The van der Waals surface area contributed by atoms with Crippen LogP contribution in [0.3, 0.4) is 0 Å². The van der Waals surface area contributed by atoms with E-state index in [1.54, 1.807) is 6.07 Å². The number of hydrogen-bond acceptors (Lipinski definition) is 4. The van der Waals surface area contributed by atoms with Crippen molar-refractivity contribution in [2.45, 2.75) is 48.8 Å². The van der Waals surface area contributed by atoms with Crippen molar-refractivity contribution in [3.8, 4) is 0 Å². The van der Waals surface area contributed by atoms with Gasteiger partial charge in [0.05, 0.1) is 11.5 Å². The summed E-state index contributed by atoms with van der Waals surface area (Å²) in [5.41, 5.74) is 2.50. The molecule has 0 spiro atoms. The SMILES string of the molecule is CCNC1CCOCC1S(=O)(=O)c1ccc2c(c1)CCC2. The van der Waals surface area contributed by atoms with E-state index in [9.17, 15) is 8.42 Å². The lowest BCUT2D eigenvalue weighted by Crippen LogP contribution is -2.50. The van der Waals surface area contributed by atoms with E-state index in [-0.39, 0.29) is 12.6 Å². The number of hydrogen-bond donors (Lipinski definition) is 1. The van der Waals surface area contributed by atoms with Crippen molar-refractivity contribution in [2.24, 2.45) is 0 Å². The summed E-state index contributed by atoms with van der Waals surface area (Å²) in [5.74, 6) is 0. The molecule has 0 bridgehead atoms. The topological polar surface area (TPSA) is 55.4 Å². The minimum Gasteiger partial charge on any atom is -0.380 e. The monoisotopic (exact) mass is 309 g/mol. The first-order chi connectivity index (χ1) is 10.1. The molecule has 2 atom stereocenters. The predicted molar refractivity (Wildman–Crippen MR) is 82.3 cm³/mol. The van der Waals surface area contributed by atoms with Gasteiger partial charge in [-0.05, 0) is 55.5 Å². The van der Waals surface area contributed by atoms with E-state index in [0.29, 0.717) is 11.5 Å². The molecule has 3 rings (SSSR count). The second-order valence-electron chi connectivity index (χ2n) is 5.90. The van der Waals surface area contributed by atoms with E-state index in [2.05, 4.69) is 5.32 Å². The highest BCUT2D eigenvalue weighted by Crippen LogP contribution is 2.28. The first kappa shape index (κ1) is 15.0. The highest BCUT2D eigenvalue weighted by atomic mass is 32.2. The largest absolute Gasteiger partial charge is 0.380 e. The number of rotatable bonds is 4. The lowest BCUT2D eigenvalue weighted by molar-refractivity contribution is 0.0812. The lowest BCUT2D eigenvalue weighted by Gasteiger charge is -2.31. The normalized spacial score (nSPS) is 25.8. The molecule has 1 saturated heterocycles. The molecule has 4 nitrogen and oxygen atoms in total.